The van der Waals surface area contributed by atoms with E-state index in [9.17, 15) is 0 Å². The van der Waals surface area contributed by atoms with Gasteiger partial charge in [-0.2, -0.15) is 0 Å². The Kier molecular flexibility index (Phi) is 3.85. The van der Waals surface area contributed by atoms with Crippen molar-refractivity contribution in [2.45, 2.75) is 20.1 Å². The Morgan fingerprint density at radius 2 is 2.38 bits per heavy atom. The third kappa shape index (κ3) is 2.78. The predicted molar refractivity (Wildman–Crippen MR) is 49.1 cm³/mol. The molecule has 1 aromatic rings. The summed E-state index contributed by atoms with van der Waals surface area (Å²) in [6.45, 7) is 4.86. The molecule has 1 heterocycles. The summed E-state index contributed by atoms with van der Waals surface area (Å²) in [5, 5.41) is 16.4. The van der Waals surface area contributed by atoms with Gasteiger partial charge in [0.1, 0.15) is 12.9 Å². The van der Waals surface area contributed by atoms with Crippen molar-refractivity contribution in [1.29, 1.82) is 0 Å². The number of aromatic nitrogens is 3. The molecule has 1 aromatic heterocycles. The van der Waals surface area contributed by atoms with Gasteiger partial charge in [0.15, 0.2) is 5.82 Å². The minimum atomic E-state index is -0.0458. The van der Waals surface area contributed by atoms with Crippen molar-refractivity contribution in [3.8, 4) is 0 Å². The molecule has 0 saturated heterocycles. The van der Waals surface area contributed by atoms with Crippen LogP contribution in [-0.2, 0) is 13.2 Å². The SMILES string of the molecule is CCN(C)CCn1cnnc1CO. The fourth-order valence-electron chi connectivity index (χ4n) is 1.02. The second-order valence-corrected chi connectivity index (χ2v) is 2.99. The molecule has 0 amide bonds. The largest absolute Gasteiger partial charge is 0.388 e. The van der Waals surface area contributed by atoms with Gasteiger partial charge in [0.25, 0.3) is 0 Å². The lowest BCUT2D eigenvalue weighted by Gasteiger charge is -2.14. The molecule has 0 radical (unpaired) electrons. The van der Waals surface area contributed by atoms with Crippen molar-refractivity contribution in [3.05, 3.63) is 12.2 Å². The quantitative estimate of drug-likeness (QED) is 0.684. The minimum Gasteiger partial charge on any atom is -0.388 e. The van der Waals surface area contributed by atoms with E-state index in [4.69, 9.17) is 5.11 Å². The highest BCUT2D eigenvalue weighted by Crippen LogP contribution is 1.95. The van der Waals surface area contributed by atoms with E-state index in [1.54, 1.807) is 6.33 Å². The van der Waals surface area contributed by atoms with Crippen LogP contribution < -0.4 is 0 Å². The molecule has 1 rings (SSSR count). The lowest BCUT2D eigenvalue weighted by atomic mass is 10.5. The normalized spacial score (nSPS) is 11.1. The number of rotatable bonds is 5. The van der Waals surface area contributed by atoms with E-state index >= 15 is 0 Å². The summed E-state index contributed by atoms with van der Waals surface area (Å²) in [5.74, 6) is 0.629. The first-order valence-corrected chi connectivity index (χ1v) is 4.44. The van der Waals surface area contributed by atoms with Gasteiger partial charge in [0, 0.05) is 13.1 Å². The van der Waals surface area contributed by atoms with Crippen LogP contribution in [0, 0.1) is 0 Å². The average Bonchev–Trinajstić information content (AvgIpc) is 2.61. The number of aliphatic hydroxyl groups is 1. The summed E-state index contributed by atoms with van der Waals surface area (Å²) in [7, 11) is 2.06. The molecule has 5 nitrogen and oxygen atoms in total. The number of hydrogen-bond donors (Lipinski definition) is 1. The number of hydrogen-bond acceptors (Lipinski definition) is 4. The van der Waals surface area contributed by atoms with Gasteiger partial charge in [-0.3, -0.25) is 0 Å². The fraction of sp³-hybridized carbons (Fsp3) is 0.750. The molecule has 74 valence electrons. The fourth-order valence-corrected chi connectivity index (χ4v) is 1.02. The van der Waals surface area contributed by atoms with Gasteiger partial charge in [-0.15, -0.1) is 10.2 Å². The third-order valence-corrected chi connectivity index (χ3v) is 2.10. The molecule has 5 heteroatoms. The second kappa shape index (κ2) is 4.94. The summed E-state index contributed by atoms with van der Waals surface area (Å²) >= 11 is 0. The monoisotopic (exact) mass is 184 g/mol. The molecule has 0 fully saturated rings. The number of likely N-dealkylation sites (N-methyl/N-ethyl adjacent to an activating group) is 1. The van der Waals surface area contributed by atoms with Gasteiger partial charge in [-0.25, -0.2) is 0 Å². The maximum absolute atomic E-state index is 8.89. The molecule has 0 aliphatic carbocycles. The molecule has 0 aliphatic rings. The molecule has 0 unspecified atom stereocenters. The molecule has 0 spiro atoms. The van der Waals surface area contributed by atoms with Gasteiger partial charge >= 0.3 is 0 Å². The third-order valence-electron chi connectivity index (χ3n) is 2.10. The van der Waals surface area contributed by atoms with E-state index in [0.717, 1.165) is 19.6 Å². The Morgan fingerprint density at radius 3 is 3.00 bits per heavy atom. The van der Waals surface area contributed by atoms with E-state index in [1.807, 2.05) is 4.57 Å². The Morgan fingerprint density at radius 1 is 1.62 bits per heavy atom. The van der Waals surface area contributed by atoms with Crippen LogP contribution in [0.15, 0.2) is 6.33 Å². The van der Waals surface area contributed by atoms with Crippen LogP contribution in [0.1, 0.15) is 12.7 Å². The highest BCUT2D eigenvalue weighted by Gasteiger charge is 2.02. The molecular formula is C8H16N4O. The molecule has 0 saturated carbocycles. The van der Waals surface area contributed by atoms with Crippen LogP contribution in [-0.4, -0.2) is 44.9 Å². The summed E-state index contributed by atoms with van der Waals surface area (Å²) in [4.78, 5) is 2.20. The first kappa shape index (κ1) is 10.1. The van der Waals surface area contributed by atoms with Gasteiger partial charge in [-0.05, 0) is 13.6 Å². The zero-order valence-electron chi connectivity index (χ0n) is 8.14. The lowest BCUT2D eigenvalue weighted by Crippen LogP contribution is -2.23. The zero-order valence-corrected chi connectivity index (χ0v) is 8.14. The molecule has 1 N–H and O–H groups in total. The number of nitrogens with zero attached hydrogens (tertiary/aromatic N) is 4. The van der Waals surface area contributed by atoms with Crippen molar-refractivity contribution in [3.63, 3.8) is 0 Å². The van der Waals surface area contributed by atoms with Crippen molar-refractivity contribution in [1.82, 2.24) is 19.7 Å². The molecule has 0 aromatic carbocycles. The molecular weight excluding hydrogens is 168 g/mol. The summed E-state index contributed by atoms with van der Waals surface area (Å²) < 4.78 is 1.87. The Hall–Kier alpha value is -0.940. The van der Waals surface area contributed by atoms with Crippen LogP contribution in [0.3, 0.4) is 0 Å². The summed E-state index contributed by atoms with van der Waals surface area (Å²) in [6, 6.07) is 0. The van der Waals surface area contributed by atoms with Crippen LogP contribution in [0.5, 0.6) is 0 Å². The van der Waals surface area contributed by atoms with E-state index in [-0.39, 0.29) is 6.61 Å². The van der Waals surface area contributed by atoms with Crippen molar-refractivity contribution in [2.24, 2.45) is 0 Å². The summed E-state index contributed by atoms with van der Waals surface area (Å²) in [5.41, 5.74) is 0. The van der Waals surface area contributed by atoms with Crippen LogP contribution in [0.25, 0.3) is 0 Å². The Balaban J connectivity index is 2.44. The van der Waals surface area contributed by atoms with Crippen molar-refractivity contribution < 1.29 is 5.11 Å². The van der Waals surface area contributed by atoms with E-state index in [1.165, 1.54) is 0 Å². The van der Waals surface area contributed by atoms with E-state index in [0.29, 0.717) is 5.82 Å². The van der Waals surface area contributed by atoms with Crippen molar-refractivity contribution in [2.75, 3.05) is 20.1 Å². The second-order valence-electron chi connectivity index (χ2n) is 2.99. The molecule has 0 bridgehead atoms. The smallest absolute Gasteiger partial charge is 0.158 e. The standard InChI is InChI=1S/C8H16N4O/c1-3-11(2)4-5-12-7-9-10-8(12)6-13/h7,13H,3-6H2,1-2H3. The van der Waals surface area contributed by atoms with Crippen LogP contribution >= 0.6 is 0 Å². The molecule has 0 aliphatic heterocycles. The van der Waals surface area contributed by atoms with Crippen molar-refractivity contribution >= 4 is 0 Å². The van der Waals surface area contributed by atoms with E-state index < -0.39 is 0 Å². The first-order valence-electron chi connectivity index (χ1n) is 4.44. The lowest BCUT2D eigenvalue weighted by molar-refractivity contribution is 0.259. The first-order chi connectivity index (χ1) is 6.27. The Bertz CT molecular complexity index is 248. The van der Waals surface area contributed by atoms with Gasteiger partial charge in [0.2, 0.25) is 0 Å². The number of aliphatic hydroxyl groups excluding tert-OH is 1. The van der Waals surface area contributed by atoms with E-state index in [2.05, 4.69) is 29.1 Å². The average molecular weight is 184 g/mol. The highest BCUT2D eigenvalue weighted by molar-refractivity contribution is 4.82. The van der Waals surface area contributed by atoms with Crippen LogP contribution in [0.4, 0.5) is 0 Å². The highest BCUT2D eigenvalue weighted by atomic mass is 16.3. The van der Waals surface area contributed by atoms with Gasteiger partial charge in [-0.1, -0.05) is 6.92 Å². The minimum absolute atomic E-state index is 0.0458. The summed E-state index contributed by atoms with van der Waals surface area (Å²) in [6.07, 6.45) is 1.65. The predicted octanol–water partition coefficient (Wildman–Crippen LogP) is -0.278. The topological polar surface area (TPSA) is 54.2 Å². The maximum atomic E-state index is 8.89. The zero-order chi connectivity index (χ0) is 9.68. The van der Waals surface area contributed by atoms with Crippen LogP contribution in [0.2, 0.25) is 0 Å². The Labute approximate surface area is 78.0 Å². The molecule has 13 heavy (non-hydrogen) atoms. The maximum Gasteiger partial charge on any atom is 0.158 e. The van der Waals surface area contributed by atoms with Gasteiger partial charge < -0.3 is 14.6 Å². The van der Waals surface area contributed by atoms with Gasteiger partial charge in [0.05, 0.1) is 0 Å². The molecule has 0 atom stereocenters.